The lowest BCUT2D eigenvalue weighted by Gasteiger charge is -2.25. The minimum absolute atomic E-state index is 0.0276. The van der Waals surface area contributed by atoms with Crippen LogP contribution < -0.4 is 4.90 Å². The molecule has 36 heavy (non-hydrogen) atoms. The summed E-state index contributed by atoms with van der Waals surface area (Å²) in [5, 5.41) is 21.0. The Bertz CT molecular complexity index is 1360. The van der Waals surface area contributed by atoms with E-state index < -0.39 is 23.7 Å². The van der Waals surface area contributed by atoms with Crippen LogP contribution in [0.15, 0.2) is 72.3 Å². The molecule has 1 heterocycles. The van der Waals surface area contributed by atoms with Gasteiger partial charge in [-0.1, -0.05) is 31.2 Å². The van der Waals surface area contributed by atoms with Gasteiger partial charge in [0.15, 0.2) is 0 Å². The van der Waals surface area contributed by atoms with Crippen LogP contribution in [-0.2, 0) is 14.3 Å². The number of aromatic hydroxyl groups is 1. The molecule has 1 fully saturated rings. The first-order chi connectivity index (χ1) is 17.2. The predicted molar refractivity (Wildman–Crippen MR) is 136 cm³/mol. The van der Waals surface area contributed by atoms with E-state index in [1.165, 1.54) is 29.2 Å². The number of phenols is 1. The zero-order valence-electron chi connectivity index (χ0n) is 20.3. The first kappa shape index (κ1) is 24.7. The van der Waals surface area contributed by atoms with Gasteiger partial charge >= 0.3 is 5.97 Å². The van der Waals surface area contributed by atoms with Crippen molar-refractivity contribution in [1.29, 1.82) is 0 Å². The van der Waals surface area contributed by atoms with Crippen molar-refractivity contribution in [3.8, 4) is 5.75 Å². The highest BCUT2D eigenvalue weighted by atomic mass is 16.5. The van der Waals surface area contributed by atoms with Crippen molar-refractivity contribution in [3.05, 3.63) is 100 Å². The Labute approximate surface area is 209 Å². The third-order valence-electron chi connectivity index (χ3n) is 6.25. The van der Waals surface area contributed by atoms with E-state index >= 15 is 0 Å². The predicted octanol–water partition coefficient (Wildman–Crippen LogP) is 5.20. The summed E-state index contributed by atoms with van der Waals surface area (Å²) in [5.41, 5.74) is 3.55. The molecule has 3 aromatic carbocycles. The summed E-state index contributed by atoms with van der Waals surface area (Å²) in [4.78, 5) is 40.0. The maximum atomic E-state index is 13.3. The fraction of sp³-hybridized carbons (Fsp3) is 0.207. The van der Waals surface area contributed by atoms with Crippen LogP contribution in [0.4, 0.5) is 5.69 Å². The van der Waals surface area contributed by atoms with Crippen LogP contribution in [-0.4, -0.2) is 34.5 Å². The molecule has 0 bridgehead atoms. The quantitative estimate of drug-likeness (QED) is 0.215. The molecule has 1 atom stereocenters. The van der Waals surface area contributed by atoms with Gasteiger partial charge in [-0.2, -0.15) is 0 Å². The Balaban J connectivity index is 1.83. The van der Waals surface area contributed by atoms with Crippen molar-refractivity contribution in [2.75, 3.05) is 11.5 Å². The van der Waals surface area contributed by atoms with Gasteiger partial charge in [-0.25, -0.2) is 4.79 Å². The second-order valence-corrected chi connectivity index (χ2v) is 8.74. The fourth-order valence-corrected chi connectivity index (χ4v) is 4.15. The molecule has 0 aliphatic carbocycles. The number of phenolic OH excluding ortho intramolecular Hbond substituents is 1. The van der Waals surface area contributed by atoms with Crippen molar-refractivity contribution < 1.29 is 29.3 Å². The average Bonchev–Trinajstić information content (AvgIpc) is 3.14. The molecule has 1 aliphatic heterocycles. The van der Waals surface area contributed by atoms with Crippen LogP contribution >= 0.6 is 0 Å². The second-order valence-electron chi connectivity index (χ2n) is 8.74. The van der Waals surface area contributed by atoms with Gasteiger partial charge in [0.1, 0.15) is 11.5 Å². The number of rotatable bonds is 6. The lowest BCUT2D eigenvalue weighted by molar-refractivity contribution is -0.132. The Morgan fingerprint density at radius 3 is 2.17 bits per heavy atom. The van der Waals surface area contributed by atoms with Crippen molar-refractivity contribution >= 4 is 29.1 Å². The number of benzene rings is 3. The summed E-state index contributed by atoms with van der Waals surface area (Å²) < 4.78 is 5.16. The van der Waals surface area contributed by atoms with E-state index in [-0.39, 0.29) is 17.1 Å². The minimum atomic E-state index is -0.940. The summed E-state index contributed by atoms with van der Waals surface area (Å²) in [6.45, 7) is 6.04. The fourth-order valence-electron chi connectivity index (χ4n) is 4.15. The third kappa shape index (κ3) is 4.60. The number of ether oxygens (including phenoxy) is 1. The highest BCUT2D eigenvalue weighted by molar-refractivity contribution is 6.51. The normalized spacial score (nSPS) is 16.9. The van der Waals surface area contributed by atoms with Crippen molar-refractivity contribution in [2.45, 2.75) is 33.2 Å². The molecule has 0 aromatic heterocycles. The summed E-state index contributed by atoms with van der Waals surface area (Å²) in [6, 6.07) is 16.7. The van der Waals surface area contributed by atoms with Gasteiger partial charge in [-0.3, -0.25) is 14.5 Å². The topological polar surface area (TPSA) is 104 Å². The average molecular weight is 486 g/mol. The Morgan fingerprint density at radius 1 is 0.917 bits per heavy atom. The van der Waals surface area contributed by atoms with Gasteiger partial charge in [-0.15, -0.1) is 0 Å². The van der Waals surface area contributed by atoms with Gasteiger partial charge in [0, 0.05) is 11.3 Å². The smallest absolute Gasteiger partial charge is 0.338 e. The summed E-state index contributed by atoms with van der Waals surface area (Å²) in [7, 11) is 0. The number of anilines is 1. The molecular formula is C29H27NO6. The summed E-state index contributed by atoms with van der Waals surface area (Å²) in [5.74, 6) is -2.36. The lowest BCUT2D eigenvalue weighted by atomic mass is 9.94. The van der Waals surface area contributed by atoms with Crippen LogP contribution in [0.3, 0.4) is 0 Å². The standard InChI is InChI=1S/C29H27NO6/c1-4-15-36-29(35)20-7-11-22(12-8-20)30-25(19-9-13-23(31)14-10-19)24(27(33)28(30)34)26(32)21-6-5-17(2)18(3)16-21/h5-14,16,25,31-32H,4,15H2,1-3H3/b26-24-. The zero-order valence-corrected chi connectivity index (χ0v) is 20.3. The number of aliphatic hydroxyl groups is 1. The first-order valence-corrected chi connectivity index (χ1v) is 11.7. The molecule has 7 nitrogen and oxygen atoms in total. The summed E-state index contributed by atoms with van der Waals surface area (Å²) in [6.07, 6.45) is 0.696. The first-order valence-electron chi connectivity index (χ1n) is 11.7. The Kier molecular flexibility index (Phi) is 6.92. The monoisotopic (exact) mass is 485 g/mol. The molecule has 0 saturated carbocycles. The van der Waals surface area contributed by atoms with Crippen molar-refractivity contribution in [3.63, 3.8) is 0 Å². The van der Waals surface area contributed by atoms with Crippen LogP contribution in [0.2, 0.25) is 0 Å². The number of amides is 1. The number of hydrogen-bond acceptors (Lipinski definition) is 6. The number of hydrogen-bond donors (Lipinski definition) is 2. The van der Waals surface area contributed by atoms with Crippen LogP contribution in [0.1, 0.15) is 52.0 Å². The SMILES string of the molecule is CCCOC(=O)c1ccc(N2C(=O)C(=O)/C(=C(\O)c3ccc(C)c(C)c3)C2c2ccc(O)cc2)cc1. The van der Waals surface area contributed by atoms with Crippen LogP contribution in [0, 0.1) is 13.8 Å². The van der Waals surface area contributed by atoms with E-state index in [4.69, 9.17) is 4.74 Å². The highest BCUT2D eigenvalue weighted by Crippen LogP contribution is 2.42. The Morgan fingerprint density at radius 2 is 1.56 bits per heavy atom. The van der Waals surface area contributed by atoms with E-state index in [1.54, 1.807) is 36.4 Å². The number of esters is 1. The largest absolute Gasteiger partial charge is 0.508 e. The van der Waals surface area contributed by atoms with Gasteiger partial charge in [0.25, 0.3) is 11.7 Å². The van der Waals surface area contributed by atoms with E-state index in [0.717, 1.165) is 11.1 Å². The molecule has 1 amide bonds. The maximum absolute atomic E-state index is 13.3. The second kappa shape index (κ2) is 10.1. The van der Waals surface area contributed by atoms with Gasteiger partial charge < -0.3 is 14.9 Å². The molecule has 3 aromatic rings. The molecule has 0 spiro atoms. The van der Waals surface area contributed by atoms with E-state index in [0.29, 0.717) is 35.4 Å². The van der Waals surface area contributed by atoms with Crippen molar-refractivity contribution in [2.24, 2.45) is 0 Å². The molecule has 1 saturated heterocycles. The van der Waals surface area contributed by atoms with Crippen LogP contribution in [0.5, 0.6) is 5.75 Å². The lowest BCUT2D eigenvalue weighted by Crippen LogP contribution is -2.29. The Hall–Kier alpha value is -4.39. The number of nitrogens with zero attached hydrogens (tertiary/aromatic N) is 1. The zero-order chi connectivity index (χ0) is 26.0. The molecule has 2 N–H and O–H groups in total. The third-order valence-corrected chi connectivity index (χ3v) is 6.25. The number of aliphatic hydroxyl groups excluding tert-OH is 1. The van der Waals surface area contributed by atoms with E-state index in [2.05, 4.69) is 0 Å². The van der Waals surface area contributed by atoms with Gasteiger partial charge in [-0.05, 0) is 79.4 Å². The number of Topliss-reactive ketones (excluding diaryl/α,β-unsaturated/α-hetero) is 1. The molecule has 1 unspecified atom stereocenters. The minimum Gasteiger partial charge on any atom is -0.508 e. The van der Waals surface area contributed by atoms with Gasteiger partial charge in [0.2, 0.25) is 0 Å². The molecular weight excluding hydrogens is 458 g/mol. The number of carbonyl (C=O) groups is 3. The van der Waals surface area contributed by atoms with Crippen LogP contribution in [0.25, 0.3) is 5.76 Å². The molecule has 4 rings (SSSR count). The van der Waals surface area contributed by atoms with Crippen molar-refractivity contribution in [1.82, 2.24) is 0 Å². The number of carbonyl (C=O) groups excluding carboxylic acids is 3. The highest BCUT2D eigenvalue weighted by Gasteiger charge is 2.47. The maximum Gasteiger partial charge on any atom is 0.338 e. The number of ketones is 1. The van der Waals surface area contributed by atoms with Gasteiger partial charge in [0.05, 0.1) is 23.8 Å². The van der Waals surface area contributed by atoms with E-state index in [1.807, 2.05) is 26.8 Å². The summed E-state index contributed by atoms with van der Waals surface area (Å²) >= 11 is 0. The molecule has 184 valence electrons. The molecule has 0 radical (unpaired) electrons. The van der Waals surface area contributed by atoms with E-state index in [9.17, 15) is 24.6 Å². The molecule has 7 heteroatoms. The number of aryl methyl sites for hydroxylation is 2. The molecule has 1 aliphatic rings.